The molecule has 8 heteroatoms. The van der Waals surface area contributed by atoms with Crippen LogP contribution in [0.4, 0.5) is 5.13 Å². The van der Waals surface area contributed by atoms with Crippen molar-refractivity contribution in [2.75, 3.05) is 5.32 Å². The number of carbonyl (C=O) groups is 2. The van der Waals surface area contributed by atoms with E-state index in [2.05, 4.69) is 10.3 Å². The van der Waals surface area contributed by atoms with Gasteiger partial charge in [-0.15, -0.1) is 0 Å². The van der Waals surface area contributed by atoms with Gasteiger partial charge in [0.05, 0.1) is 20.7 Å². The van der Waals surface area contributed by atoms with Crippen molar-refractivity contribution in [2.45, 2.75) is 37.8 Å². The Hall–Kier alpha value is -2.06. The molecule has 0 bridgehead atoms. The molecule has 1 amide bonds. The van der Waals surface area contributed by atoms with Crippen molar-refractivity contribution < 1.29 is 18.0 Å². The number of aryl methyl sites for hydroxylation is 1. The van der Waals surface area contributed by atoms with Gasteiger partial charge in [0.2, 0.25) is 0 Å². The van der Waals surface area contributed by atoms with E-state index in [0.29, 0.717) is 21.3 Å². The number of amides is 1. The van der Waals surface area contributed by atoms with Crippen LogP contribution in [0.5, 0.6) is 0 Å². The molecule has 0 aliphatic heterocycles. The first-order valence-electron chi connectivity index (χ1n) is 7.26. The van der Waals surface area contributed by atoms with Gasteiger partial charge in [-0.25, -0.2) is 13.4 Å². The van der Waals surface area contributed by atoms with E-state index in [1.807, 2.05) is 0 Å². The zero-order valence-electron chi connectivity index (χ0n) is 13.8. The molecule has 2 aromatic rings. The summed E-state index contributed by atoms with van der Waals surface area (Å²) in [7, 11) is -3.37. The first kappa shape index (κ1) is 18.3. The van der Waals surface area contributed by atoms with Crippen LogP contribution in [-0.4, -0.2) is 30.3 Å². The lowest BCUT2D eigenvalue weighted by Gasteiger charge is -2.08. The second-order valence-corrected chi connectivity index (χ2v) is 9.07. The summed E-state index contributed by atoms with van der Waals surface area (Å²) in [5.74, 6) is -0.513. The predicted molar refractivity (Wildman–Crippen MR) is 93.6 cm³/mol. The van der Waals surface area contributed by atoms with Crippen LogP contribution in [0.15, 0.2) is 29.2 Å². The van der Waals surface area contributed by atoms with Gasteiger partial charge < -0.3 is 0 Å². The van der Waals surface area contributed by atoms with Gasteiger partial charge in [-0.05, 0) is 45.0 Å². The van der Waals surface area contributed by atoms with E-state index in [-0.39, 0.29) is 10.7 Å². The monoisotopic (exact) mass is 366 g/mol. The molecule has 0 atom stereocenters. The average Bonchev–Trinajstić information content (AvgIpc) is 2.88. The molecule has 1 aromatic heterocycles. The fourth-order valence-electron chi connectivity index (χ4n) is 2.01. The highest BCUT2D eigenvalue weighted by atomic mass is 32.2. The molecule has 0 fully saturated rings. The molecular formula is C16H18N2O4S2. The summed E-state index contributed by atoms with van der Waals surface area (Å²) >= 11 is 1.11. The third-order valence-electron chi connectivity index (χ3n) is 3.40. The summed E-state index contributed by atoms with van der Waals surface area (Å²) in [6, 6.07) is 5.74. The number of hydrogen-bond donors (Lipinski definition) is 1. The molecule has 0 saturated carbocycles. The molecule has 1 heterocycles. The van der Waals surface area contributed by atoms with E-state index in [4.69, 9.17) is 0 Å². The predicted octanol–water partition coefficient (Wildman–Crippen LogP) is 3.09. The van der Waals surface area contributed by atoms with Crippen LogP contribution in [-0.2, 0) is 9.84 Å². The van der Waals surface area contributed by atoms with Crippen LogP contribution < -0.4 is 5.32 Å². The van der Waals surface area contributed by atoms with Crippen molar-refractivity contribution in [3.8, 4) is 0 Å². The Kier molecular flexibility index (Phi) is 5.19. The molecule has 0 aliphatic rings. The average molecular weight is 366 g/mol. The van der Waals surface area contributed by atoms with Crippen LogP contribution in [0.2, 0.25) is 0 Å². The van der Waals surface area contributed by atoms with E-state index in [0.717, 1.165) is 11.3 Å². The van der Waals surface area contributed by atoms with Gasteiger partial charge in [0.1, 0.15) is 0 Å². The molecule has 6 nitrogen and oxygen atoms in total. The molecule has 0 aliphatic carbocycles. The van der Waals surface area contributed by atoms with Crippen LogP contribution in [0.25, 0.3) is 0 Å². The number of nitrogens with one attached hydrogen (secondary N) is 1. The van der Waals surface area contributed by atoms with Crippen molar-refractivity contribution in [3.63, 3.8) is 0 Å². The number of anilines is 1. The lowest BCUT2D eigenvalue weighted by Crippen LogP contribution is -2.15. The fraction of sp³-hybridized carbons (Fsp3) is 0.312. The quantitative estimate of drug-likeness (QED) is 0.821. The number of aromatic nitrogens is 1. The van der Waals surface area contributed by atoms with Gasteiger partial charge in [0.15, 0.2) is 20.8 Å². The summed E-state index contributed by atoms with van der Waals surface area (Å²) in [5, 5.41) is 2.43. The highest BCUT2D eigenvalue weighted by molar-refractivity contribution is 7.92. The molecular weight excluding hydrogens is 348 g/mol. The first-order chi connectivity index (χ1) is 11.1. The maximum atomic E-state index is 12.2. The van der Waals surface area contributed by atoms with Crippen molar-refractivity contribution >= 4 is 38.0 Å². The minimum atomic E-state index is -3.37. The van der Waals surface area contributed by atoms with Crippen molar-refractivity contribution in [1.29, 1.82) is 0 Å². The van der Waals surface area contributed by atoms with Gasteiger partial charge >= 0.3 is 0 Å². The summed E-state index contributed by atoms with van der Waals surface area (Å²) in [6.07, 6.45) is 0. The van der Waals surface area contributed by atoms with Gasteiger partial charge in [-0.1, -0.05) is 11.3 Å². The maximum absolute atomic E-state index is 12.2. The molecule has 2 rings (SSSR count). The maximum Gasteiger partial charge on any atom is 0.257 e. The van der Waals surface area contributed by atoms with E-state index in [1.165, 1.54) is 31.2 Å². The summed E-state index contributed by atoms with van der Waals surface area (Å²) in [4.78, 5) is 28.5. The number of Topliss-reactive ketones (excluding diaryl/α,β-unsaturated/α-hetero) is 1. The third-order valence-corrected chi connectivity index (χ3v) is 6.75. The molecule has 1 aromatic carbocycles. The molecule has 0 unspecified atom stereocenters. The van der Waals surface area contributed by atoms with Crippen LogP contribution >= 0.6 is 11.3 Å². The fourth-order valence-corrected chi connectivity index (χ4v) is 3.93. The number of thiazole rings is 1. The SMILES string of the molecule is CC(=O)c1sc(NC(=O)c2ccc(S(=O)(=O)C(C)C)cc2)nc1C. The molecule has 0 spiro atoms. The number of rotatable bonds is 5. The lowest BCUT2D eigenvalue weighted by atomic mass is 10.2. The second kappa shape index (κ2) is 6.82. The van der Waals surface area contributed by atoms with E-state index in [9.17, 15) is 18.0 Å². The first-order valence-corrected chi connectivity index (χ1v) is 9.63. The number of ketones is 1. The van der Waals surface area contributed by atoms with E-state index >= 15 is 0 Å². The Morgan fingerprint density at radius 3 is 2.21 bits per heavy atom. The highest BCUT2D eigenvalue weighted by Gasteiger charge is 2.20. The zero-order chi connectivity index (χ0) is 18.1. The van der Waals surface area contributed by atoms with Gasteiger partial charge in [0, 0.05) is 12.5 Å². The summed E-state index contributed by atoms with van der Waals surface area (Å²) in [5.41, 5.74) is 0.885. The van der Waals surface area contributed by atoms with Crippen molar-refractivity contribution in [1.82, 2.24) is 4.98 Å². The highest BCUT2D eigenvalue weighted by Crippen LogP contribution is 2.24. The van der Waals surface area contributed by atoms with Crippen LogP contribution in [0.1, 0.15) is 46.5 Å². The van der Waals surface area contributed by atoms with Gasteiger partial charge in [0.25, 0.3) is 5.91 Å². The largest absolute Gasteiger partial charge is 0.298 e. The number of benzene rings is 1. The normalized spacial score (nSPS) is 11.5. The minimum absolute atomic E-state index is 0.103. The van der Waals surface area contributed by atoms with Crippen molar-refractivity contribution in [2.24, 2.45) is 0 Å². The zero-order valence-corrected chi connectivity index (χ0v) is 15.4. The topological polar surface area (TPSA) is 93.2 Å². The Morgan fingerprint density at radius 2 is 1.75 bits per heavy atom. The smallest absolute Gasteiger partial charge is 0.257 e. The molecule has 0 saturated heterocycles. The summed E-state index contributed by atoms with van der Waals surface area (Å²) in [6.45, 7) is 6.36. The van der Waals surface area contributed by atoms with Crippen LogP contribution in [0, 0.1) is 6.92 Å². The second-order valence-electron chi connectivity index (χ2n) is 5.56. The Labute approximate surface area is 144 Å². The van der Waals surface area contributed by atoms with E-state index < -0.39 is 21.0 Å². The summed E-state index contributed by atoms with van der Waals surface area (Å²) < 4.78 is 24.1. The Balaban J connectivity index is 2.19. The van der Waals surface area contributed by atoms with E-state index in [1.54, 1.807) is 20.8 Å². The number of carbonyl (C=O) groups excluding carboxylic acids is 2. The third kappa shape index (κ3) is 3.70. The van der Waals surface area contributed by atoms with Crippen molar-refractivity contribution in [3.05, 3.63) is 40.4 Å². The Bertz CT molecular complexity index is 881. The van der Waals surface area contributed by atoms with Crippen LogP contribution in [0.3, 0.4) is 0 Å². The molecule has 128 valence electrons. The standard InChI is InChI=1S/C16H18N2O4S2/c1-9(2)24(21,22)13-7-5-12(6-8-13)15(20)18-16-17-10(3)14(23-16)11(4)19/h5-9H,1-4H3,(H,17,18,20). The number of sulfone groups is 1. The minimum Gasteiger partial charge on any atom is -0.298 e. The number of hydrogen-bond acceptors (Lipinski definition) is 6. The number of nitrogens with zero attached hydrogens (tertiary/aromatic N) is 1. The Morgan fingerprint density at radius 1 is 1.17 bits per heavy atom. The lowest BCUT2D eigenvalue weighted by molar-refractivity contribution is 0.101. The molecule has 24 heavy (non-hydrogen) atoms. The van der Waals surface area contributed by atoms with Gasteiger partial charge in [-0.3, -0.25) is 14.9 Å². The van der Waals surface area contributed by atoms with Gasteiger partial charge in [-0.2, -0.15) is 0 Å². The molecule has 0 radical (unpaired) electrons. The molecule has 1 N–H and O–H groups in total.